The molecule has 218 valence electrons. The number of nitrogens with zero attached hydrogens (tertiary/aromatic N) is 4. The van der Waals surface area contributed by atoms with Crippen LogP contribution in [-0.4, -0.2) is 106 Å². The van der Waals surface area contributed by atoms with E-state index in [0.29, 0.717) is 0 Å². The van der Waals surface area contributed by atoms with Gasteiger partial charge in [0.1, 0.15) is 48.5 Å². The highest BCUT2D eigenvalue weighted by atomic mass is 31.3. The second kappa shape index (κ2) is 10.4. The zero-order valence-electron chi connectivity index (χ0n) is 19.2. The van der Waals surface area contributed by atoms with Crippen LogP contribution in [0.2, 0.25) is 0 Å². The van der Waals surface area contributed by atoms with Crippen molar-refractivity contribution >= 4 is 40.4 Å². The number of hydrogen-bond donors (Lipinski definition) is 7. The van der Waals surface area contributed by atoms with Gasteiger partial charge in [0.2, 0.25) is 0 Å². The summed E-state index contributed by atoms with van der Waals surface area (Å²) < 4.78 is 70.2. The van der Waals surface area contributed by atoms with Gasteiger partial charge in [-0.05, 0) is 0 Å². The topological polar surface area (TPSA) is 307 Å². The van der Waals surface area contributed by atoms with E-state index in [9.17, 15) is 43.7 Å². The van der Waals surface area contributed by atoms with Gasteiger partial charge in [-0.2, -0.15) is 4.31 Å². The van der Waals surface area contributed by atoms with Gasteiger partial charge in [-0.3, -0.25) is 22.7 Å². The van der Waals surface area contributed by atoms with Gasteiger partial charge in [-0.25, -0.2) is 28.6 Å². The number of phosphoric acid groups is 3. The molecule has 0 aromatic carbocycles. The number of aliphatic hydroxyl groups excluding tert-OH is 3. The molecule has 39 heavy (non-hydrogen) atoms. The Kier molecular flexibility index (Phi) is 7.75. The number of fused-ring (bicyclic) bond motifs is 2. The van der Waals surface area contributed by atoms with E-state index in [1.54, 1.807) is 0 Å². The molecule has 0 amide bonds. The standard InChI is InChI=1S/C15H22N5O16P3/c16-12-7-13(18-3-17-12)20(4-19-7)14-10(23)8(21)5(32-14)1-30-37(24,25)36-38(26,27)31-2-6-9(22)11-15(33-6)35-39(28,29)34-11/h3-6,8-11,14-15,21-23H,1-2H2,(H,24,25)(H,26,27)(H,28,29)(H2,16,17,18)/t5-,6-,8-,9-,10-,11-,14-,15?/m1/s1. The fourth-order valence-electron chi connectivity index (χ4n) is 4.01. The van der Waals surface area contributed by atoms with Crippen LogP contribution in [0.5, 0.6) is 0 Å². The Labute approximate surface area is 216 Å². The van der Waals surface area contributed by atoms with Crippen molar-refractivity contribution in [1.82, 2.24) is 19.5 Å². The molecule has 4 unspecified atom stereocenters. The van der Waals surface area contributed by atoms with Gasteiger partial charge in [-0.1, -0.05) is 0 Å². The van der Waals surface area contributed by atoms with Crippen molar-refractivity contribution in [3.05, 3.63) is 12.7 Å². The summed E-state index contributed by atoms with van der Waals surface area (Å²) in [6.45, 7) is -1.79. The number of nitrogens with two attached hydrogens (primary N) is 1. The monoisotopic (exact) mass is 621 g/mol. The lowest BCUT2D eigenvalue weighted by Crippen LogP contribution is -2.34. The SMILES string of the molecule is Nc1ncnc2c1ncn2[C@@H]1O[C@H](COP(=O)(O)OP(=O)(O)OC[C@H]2OC3OP(=O)(O)O[C@@H]3[C@@H]2O)[C@@H](O)[C@H]1O. The predicted molar refractivity (Wildman–Crippen MR) is 119 cm³/mol. The summed E-state index contributed by atoms with van der Waals surface area (Å²) >= 11 is 0. The molecule has 21 nitrogen and oxygen atoms in total. The Hall–Kier alpha value is -1.48. The fourth-order valence-corrected chi connectivity index (χ4v) is 7.12. The van der Waals surface area contributed by atoms with Crippen LogP contribution >= 0.6 is 23.5 Å². The molecule has 0 spiro atoms. The van der Waals surface area contributed by atoms with E-state index in [0.717, 1.165) is 6.33 Å². The second-order valence-electron chi connectivity index (χ2n) is 8.42. The lowest BCUT2D eigenvalue weighted by atomic mass is 10.1. The van der Waals surface area contributed by atoms with Gasteiger partial charge in [0, 0.05) is 0 Å². The average Bonchev–Trinajstić information content (AvgIpc) is 3.54. The predicted octanol–water partition coefficient (Wildman–Crippen LogP) is -2.12. The van der Waals surface area contributed by atoms with E-state index in [-0.39, 0.29) is 17.0 Å². The van der Waals surface area contributed by atoms with Crippen LogP contribution in [0.4, 0.5) is 5.82 Å². The maximum absolute atomic E-state index is 12.3. The van der Waals surface area contributed by atoms with Gasteiger partial charge in [0.15, 0.2) is 24.0 Å². The summed E-state index contributed by atoms with van der Waals surface area (Å²) in [5.41, 5.74) is 6.08. The van der Waals surface area contributed by atoms with Crippen molar-refractivity contribution in [3.8, 4) is 0 Å². The maximum Gasteiger partial charge on any atom is 0.481 e. The lowest BCUT2D eigenvalue weighted by molar-refractivity contribution is -0.0911. The van der Waals surface area contributed by atoms with Crippen LogP contribution < -0.4 is 5.73 Å². The van der Waals surface area contributed by atoms with Gasteiger partial charge < -0.3 is 45.2 Å². The zero-order valence-corrected chi connectivity index (χ0v) is 21.8. The highest BCUT2D eigenvalue weighted by Gasteiger charge is 2.56. The summed E-state index contributed by atoms with van der Waals surface area (Å²) in [5.74, 6) is 0.0511. The minimum atomic E-state index is -5.34. The molecule has 0 aliphatic carbocycles. The third kappa shape index (κ3) is 5.95. The molecule has 3 aliphatic rings. The van der Waals surface area contributed by atoms with E-state index in [1.807, 2.05) is 0 Å². The van der Waals surface area contributed by atoms with E-state index < -0.39 is 85.8 Å². The second-order valence-corrected chi connectivity index (χ2v) is 12.8. The van der Waals surface area contributed by atoms with E-state index in [1.165, 1.54) is 10.9 Å². The third-order valence-corrected chi connectivity index (χ3v) is 9.38. The molecular formula is C15H22N5O16P3. The molecule has 3 aliphatic heterocycles. The van der Waals surface area contributed by atoms with Crippen molar-refractivity contribution in [3.63, 3.8) is 0 Å². The van der Waals surface area contributed by atoms with Gasteiger partial charge >= 0.3 is 23.5 Å². The molecule has 5 heterocycles. The van der Waals surface area contributed by atoms with Crippen molar-refractivity contribution in [2.24, 2.45) is 0 Å². The van der Waals surface area contributed by atoms with Gasteiger partial charge in [0.25, 0.3) is 0 Å². The van der Waals surface area contributed by atoms with Crippen molar-refractivity contribution in [2.45, 2.75) is 49.1 Å². The summed E-state index contributed by atoms with van der Waals surface area (Å²) in [4.78, 5) is 40.7. The molecule has 0 bridgehead atoms. The van der Waals surface area contributed by atoms with E-state index >= 15 is 0 Å². The van der Waals surface area contributed by atoms with Gasteiger partial charge in [-0.15, -0.1) is 0 Å². The summed E-state index contributed by atoms with van der Waals surface area (Å²) in [7, 11) is -15.1. The average molecular weight is 621 g/mol. The highest BCUT2D eigenvalue weighted by molar-refractivity contribution is 7.61. The smallest absolute Gasteiger partial charge is 0.387 e. The Morgan fingerprint density at radius 3 is 2.26 bits per heavy atom. The number of nitrogen functional groups attached to an aromatic ring is 1. The molecule has 5 rings (SSSR count). The molecule has 24 heteroatoms. The minimum absolute atomic E-state index is 0.0511. The maximum atomic E-state index is 12.3. The number of imidazole rings is 1. The zero-order chi connectivity index (χ0) is 28.3. The first kappa shape index (κ1) is 29.0. The Bertz CT molecular complexity index is 1380. The quantitative estimate of drug-likeness (QED) is 0.147. The highest BCUT2D eigenvalue weighted by Crippen LogP contribution is 2.61. The Morgan fingerprint density at radius 1 is 0.974 bits per heavy atom. The van der Waals surface area contributed by atoms with Gasteiger partial charge in [0.05, 0.1) is 19.5 Å². The number of phosphoric ester groups is 3. The third-order valence-electron chi connectivity index (χ3n) is 5.80. The Balaban J connectivity index is 1.15. The van der Waals surface area contributed by atoms with Crippen LogP contribution in [0.25, 0.3) is 11.2 Å². The molecule has 2 aromatic heterocycles. The summed E-state index contributed by atoms with van der Waals surface area (Å²) in [6, 6.07) is 0. The van der Waals surface area contributed by atoms with Crippen LogP contribution in [0, 0.1) is 0 Å². The molecular weight excluding hydrogens is 599 g/mol. The number of aliphatic hydroxyl groups is 3. The normalized spacial score (nSPS) is 39.5. The molecule has 0 saturated carbocycles. The molecule has 2 aromatic rings. The van der Waals surface area contributed by atoms with Crippen LogP contribution in [-0.2, 0) is 45.6 Å². The lowest BCUT2D eigenvalue weighted by Gasteiger charge is -2.21. The summed E-state index contributed by atoms with van der Waals surface area (Å²) in [5, 5.41) is 30.8. The largest absolute Gasteiger partial charge is 0.481 e. The Morgan fingerprint density at radius 2 is 1.62 bits per heavy atom. The first-order valence-electron chi connectivity index (χ1n) is 10.8. The number of aromatic nitrogens is 4. The van der Waals surface area contributed by atoms with Crippen LogP contribution in [0.1, 0.15) is 6.23 Å². The molecule has 8 N–H and O–H groups in total. The van der Waals surface area contributed by atoms with Crippen LogP contribution in [0.3, 0.4) is 0 Å². The molecule has 11 atom stereocenters. The number of rotatable bonds is 9. The van der Waals surface area contributed by atoms with Crippen LogP contribution in [0.15, 0.2) is 12.7 Å². The fraction of sp³-hybridized carbons (Fsp3) is 0.667. The van der Waals surface area contributed by atoms with E-state index in [2.05, 4.69) is 37.4 Å². The minimum Gasteiger partial charge on any atom is -0.387 e. The first-order chi connectivity index (χ1) is 18.2. The van der Waals surface area contributed by atoms with E-state index in [4.69, 9.17) is 15.2 Å². The molecule has 3 fully saturated rings. The van der Waals surface area contributed by atoms with Crippen molar-refractivity contribution < 1.29 is 75.6 Å². The van der Waals surface area contributed by atoms with Crippen molar-refractivity contribution in [2.75, 3.05) is 18.9 Å². The number of hydrogen-bond acceptors (Lipinski definition) is 17. The van der Waals surface area contributed by atoms with Crippen molar-refractivity contribution in [1.29, 1.82) is 0 Å². The summed E-state index contributed by atoms with van der Waals surface area (Å²) in [6.07, 6.45) is -9.43. The number of anilines is 1. The number of ether oxygens (including phenoxy) is 2. The first-order valence-corrected chi connectivity index (χ1v) is 15.3. The molecule has 0 radical (unpaired) electrons. The molecule has 3 saturated heterocycles.